The molecular weight excluding hydrogens is 246 g/mol. The van der Waals surface area contributed by atoms with Crippen LogP contribution in [0.5, 0.6) is 0 Å². The number of ether oxygens (including phenoxy) is 1. The van der Waals surface area contributed by atoms with Gasteiger partial charge in [0, 0.05) is 17.7 Å². The van der Waals surface area contributed by atoms with Gasteiger partial charge in [-0.05, 0) is 49.7 Å². The zero-order chi connectivity index (χ0) is 12.6. The number of rotatable bonds is 6. The van der Waals surface area contributed by atoms with Crippen LogP contribution in [0.4, 0.5) is 0 Å². The minimum absolute atomic E-state index is 0.0443. The lowest BCUT2D eigenvalue weighted by atomic mass is 9.95. The largest absolute Gasteiger partial charge is 0.465 e. The minimum Gasteiger partial charge on any atom is -0.465 e. The quantitative estimate of drug-likeness (QED) is 0.805. The molecule has 1 aliphatic rings. The monoisotopic (exact) mass is 267 g/mol. The van der Waals surface area contributed by atoms with Crippen molar-refractivity contribution < 1.29 is 9.53 Å². The summed E-state index contributed by atoms with van der Waals surface area (Å²) in [4.78, 5) is 12.9. The average Bonchev–Trinajstić information content (AvgIpc) is 2.91. The molecule has 1 fully saturated rings. The summed E-state index contributed by atoms with van der Waals surface area (Å²) >= 11 is 1.71. The minimum atomic E-state index is -0.0443. The lowest BCUT2D eigenvalue weighted by Crippen LogP contribution is -2.30. The van der Waals surface area contributed by atoms with E-state index in [-0.39, 0.29) is 5.97 Å². The van der Waals surface area contributed by atoms with Gasteiger partial charge in [0.15, 0.2) is 0 Å². The Labute approximate surface area is 113 Å². The maximum atomic E-state index is 11.6. The Kier molecular flexibility index (Phi) is 5.68. The first-order valence-corrected chi connectivity index (χ1v) is 7.61. The molecule has 0 amide bonds. The van der Waals surface area contributed by atoms with E-state index < -0.39 is 0 Å². The predicted molar refractivity (Wildman–Crippen MR) is 73.8 cm³/mol. The van der Waals surface area contributed by atoms with E-state index in [1.54, 1.807) is 11.3 Å². The van der Waals surface area contributed by atoms with E-state index in [4.69, 9.17) is 4.74 Å². The van der Waals surface area contributed by atoms with E-state index in [1.165, 1.54) is 17.7 Å². The standard InChI is InChI=1S/C14H21NO2S/c16-14(6-5-12-3-1-8-15-11-12)17-9-7-13-4-2-10-18-13/h2,4,10,12,15H,1,3,5-9,11H2. The number of esters is 1. The van der Waals surface area contributed by atoms with E-state index in [0.717, 1.165) is 25.9 Å². The maximum absolute atomic E-state index is 11.6. The highest BCUT2D eigenvalue weighted by Gasteiger charge is 2.14. The van der Waals surface area contributed by atoms with Crippen molar-refractivity contribution in [2.75, 3.05) is 19.7 Å². The molecular formula is C14H21NO2S. The normalized spacial score (nSPS) is 19.7. The molecule has 2 heterocycles. The first-order valence-electron chi connectivity index (χ1n) is 6.73. The van der Waals surface area contributed by atoms with Crippen molar-refractivity contribution in [2.45, 2.75) is 32.1 Å². The molecule has 0 radical (unpaired) electrons. The van der Waals surface area contributed by atoms with Gasteiger partial charge in [-0.25, -0.2) is 0 Å². The van der Waals surface area contributed by atoms with Crippen LogP contribution in [-0.4, -0.2) is 25.7 Å². The molecule has 100 valence electrons. The summed E-state index contributed by atoms with van der Waals surface area (Å²) in [6.45, 7) is 2.70. The van der Waals surface area contributed by atoms with Gasteiger partial charge in [0.2, 0.25) is 0 Å². The fraction of sp³-hybridized carbons (Fsp3) is 0.643. The number of piperidine rings is 1. The summed E-state index contributed by atoms with van der Waals surface area (Å²) in [6.07, 6.45) is 4.85. The number of carbonyl (C=O) groups is 1. The van der Waals surface area contributed by atoms with Gasteiger partial charge in [-0.15, -0.1) is 11.3 Å². The van der Waals surface area contributed by atoms with Crippen molar-refractivity contribution >= 4 is 17.3 Å². The highest BCUT2D eigenvalue weighted by atomic mass is 32.1. The molecule has 0 spiro atoms. The fourth-order valence-corrected chi connectivity index (χ4v) is 2.98. The first kappa shape index (κ1) is 13.6. The molecule has 0 bridgehead atoms. The number of carbonyl (C=O) groups excluding carboxylic acids is 1. The number of thiophene rings is 1. The molecule has 1 saturated heterocycles. The zero-order valence-electron chi connectivity index (χ0n) is 10.7. The van der Waals surface area contributed by atoms with Gasteiger partial charge in [-0.3, -0.25) is 4.79 Å². The van der Waals surface area contributed by atoms with Crippen LogP contribution in [0.3, 0.4) is 0 Å². The highest BCUT2D eigenvalue weighted by Crippen LogP contribution is 2.16. The molecule has 0 saturated carbocycles. The lowest BCUT2D eigenvalue weighted by Gasteiger charge is -2.22. The van der Waals surface area contributed by atoms with Crippen LogP contribution in [0.1, 0.15) is 30.6 Å². The number of hydrogen-bond donors (Lipinski definition) is 1. The Bertz CT molecular complexity index is 345. The summed E-state index contributed by atoms with van der Waals surface area (Å²) in [7, 11) is 0. The number of nitrogens with one attached hydrogen (secondary N) is 1. The van der Waals surface area contributed by atoms with Crippen molar-refractivity contribution in [3.63, 3.8) is 0 Å². The average molecular weight is 267 g/mol. The van der Waals surface area contributed by atoms with Crippen molar-refractivity contribution in [3.05, 3.63) is 22.4 Å². The third-order valence-electron chi connectivity index (χ3n) is 3.35. The summed E-state index contributed by atoms with van der Waals surface area (Å²) in [5.74, 6) is 0.612. The molecule has 1 unspecified atom stereocenters. The molecule has 4 heteroatoms. The molecule has 1 aliphatic heterocycles. The van der Waals surface area contributed by atoms with Crippen molar-refractivity contribution in [2.24, 2.45) is 5.92 Å². The SMILES string of the molecule is O=C(CCC1CCCNC1)OCCc1cccs1. The van der Waals surface area contributed by atoms with Crippen molar-refractivity contribution in [3.8, 4) is 0 Å². The second kappa shape index (κ2) is 7.54. The Morgan fingerprint density at radius 1 is 1.56 bits per heavy atom. The van der Waals surface area contributed by atoms with Gasteiger partial charge in [-0.2, -0.15) is 0 Å². The van der Waals surface area contributed by atoms with E-state index in [0.29, 0.717) is 18.9 Å². The summed E-state index contributed by atoms with van der Waals surface area (Å²) in [6, 6.07) is 4.10. The molecule has 0 aliphatic carbocycles. The maximum Gasteiger partial charge on any atom is 0.305 e. The fourth-order valence-electron chi connectivity index (χ4n) is 2.28. The van der Waals surface area contributed by atoms with Crippen LogP contribution in [0, 0.1) is 5.92 Å². The second-order valence-corrected chi connectivity index (χ2v) is 5.83. The molecule has 0 aromatic carbocycles. The van der Waals surface area contributed by atoms with Crippen LogP contribution in [-0.2, 0) is 16.0 Å². The van der Waals surface area contributed by atoms with Crippen LogP contribution in [0.15, 0.2) is 17.5 Å². The van der Waals surface area contributed by atoms with E-state index in [9.17, 15) is 4.79 Å². The first-order chi connectivity index (χ1) is 8.84. The molecule has 2 rings (SSSR count). The third kappa shape index (κ3) is 4.78. The Morgan fingerprint density at radius 3 is 3.22 bits per heavy atom. The molecule has 1 atom stereocenters. The van der Waals surface area contributed by atoms with Gasteiger partial charge in [-0.1, -0.05) is 6.07 Å². The summed E-state index contributed by atoms with van der Waals surface area (Å²) in [5, 5.41) is 5.42. The van der Waals surface area contributed by atoms with Gasteiger partial charge >= 0.3 is 5.97 Å². The van der Waals surface area contributed by atoms with Gasteiger partial charge in [0.1, 0.15) is 0 Å². The van der Waals surface area contributed by atoms with E-state index >= 15 is 0 Å². The molecule has 3 nitrogen and oxygen atoms in total. The smallest absolute Gasteiger partial charge is 0.305 e. The van der Waals surface area contributed by atoms with Gasteiger partial charge in [0.25, 0.3) is 0 Å². The molecule has 18 heavy (non-hydrogen) atoms. The van der Waals surface area contributed by atoms with E-state index in [2.05, 4.69) is 11.4 Å². The van der Waals surface area contributed by atoms with Crippen molar-refractivity contribution in [1.82, 2.24) is 5.32 Å². The molecule has 1 N–H and O–H groups in total. The van der Waals surface area contributed by atoms with Crippen LogP contribution in [0.25, 0.3) is 0 Å². The van der Waals surface area contributed by atoms with Crippen LogP contribution < -0.4 is 5.32 Å². The van der Waals surface area contributed by atoms with Gasteiger partial charge in [0.05, 0.1) is 6.61 Å². The highest BCUT2D eigenvalue weighted by molar-refractivity contribution is 7.09. The Balaban J connectivity index is 1.54. The predicted octanol–water partition coefficient (Wildman–Crippen LogP) is 2.61. The zero-order valence-corrected chi connectivity index (χ0v) is 11.5. The van der Waals surface area contributed by atoms with Crippen molar-refractivity contribution in [1.29, 1.82) is 0 Å². The van der Waals surface area contributed by atoms with E-state index in [1.807, 2.05) is 11.4 Å². The molecule has 1 aromatic heterocycles. The number of hydrogen-bond acceptors (Lipinski definition) is 4. The Hall–Kier alpha value is -0.870. The topological polar surface area (TPSA) is 38.3 Å². The summed E-state index contributed by atoms with van der Waals surface area (Å²) < 4.78 is 5.25. The van der Waals surface area contributed by atoms with Gasteiger partial charge < -0.3 is 10.1 Å². The molecule has 1 aromatic rings. The van der Waals surface area contributed by atoms with Crippen LogP contribution >= 0.6 is 11.3 Å². The van der Waals surface area contributed by atoms with Crippen LogP contribution in [0.2, 0.25) is 0 Å². The third-order valence-corrected chi connectivity index (χ3v) is 4.28. The summed E-state index contributed by atoms with van der Waals surface area (Å²) in [5.41, 5.74) is 0. The second-order valence-electron chi connectivity index (χ2n) is 4.80. The Morgan fingerprint density at radius 2 is 2.50 bits per heavy atom. The lowest BCUT2D eigenvalue weighted by molar-refractivity contribution is -0.143.